The molecule has 1 N–H and O–H groups in total. The molecule has 1 aromatic rings. The summed E-state index contributed by atoms with van der Waals surface area (Å²) >= 11 is 0. The monoisotopic (exact) mass is 192 g/mol. The molecule has 1 unspecified atom stereocenters. The summed E-state index contributed by atoms with van der Waals surface area (Å²) in [5.74, 6) is 0.0620. The Labute approximate surface area is 84.5 Å². The summed E-state index contributed by atoms with van der Waals surface area (Å²) in [5, 5.41) is 16.0. The lowest BCUT2D eigenvalue weighted by Crippen LogP contribution is -2.20. The van der Waals surface area contributed by atoms with Crippen LogP contribution < -0.4 is 5.32 Å². The van der Waals surface area contributed by atoms with Crippen LogP contribution in [0.25, 0.3) is 0 Å². The molecule has 0 aliphatic carbocycles. The standard InChI is InChI=1S/C10H16N4/c1-8(4-11)5-12-6-10-7-13-14(3)9(10)2/h7-8,12H,5-6H2,1-3H3. The highest BCUT2D eigenvalue weighted by molar-refractivity contribution is 5.15. The van der Waals surface area contributed by atoms with Crippen LogP contribution in [0.5, 0.6) is 0 Å². The molecule has 1 atom stereocenters. The second kappa shape index (κ2) is 4.77. The van der Waals surface area contributed by atoms with Crippen molar-refractivity contribution >= 4 is 0 Å². The Bertz CT molecular complexity index is 334. The SMILES string of the molecule is Cc1c(CNCC(C)C#N)cnn1C. The van der Waals surface area contributed by atoms with Crippen LogP contribution >= 0.6 is 0 Å². The first kappa shape index (κ1) is 10.7. The number of hydrogen-bond donors (Lipinski definition) is 1. The summed E-state index contributed by atoms with van der Waals surface area (Å²) < 4.78 is 1.85. The highest BCUT2D eigenvalue weighted by Crippen LogP contribution is 2.04. The van der Waals surface area contributed by atoms with Gasteiger partial charge in [-0.25, -0.2) is 0 Å². The molecule has 0 aromatic carbocycles. The molecule has 1 heterocycles. The molecule has 1 rings (SSSR count). The Hall–Kier alpha value is -1.34. The van der Waals surface area contributed by atoms with Crippen LogP contribution in [0, 0.1) is 24.2 Å². The van der Waals surface area contributed by atoms with Gasteiger partial charge < -0.3 is 5.32 Å². The van der Waals surface area contributed by atoms with Crippen LogP contribution in [0.2, 0.25) is 0 Å². The van der Waals surface area contributed by atoms with E-state index in [1.807, 2.05) is 31.8 Å². The molecular weight excluding hydrogens is 176 g/mol. The van der Waals surface area contributed by atoms with Gasteiger partial charge in [-0.3, -0.25) is 4.68 Å². The molecular formula is C10H16N4. The molecule has 4 heteroatoms. The maximum atomic E-state index is 8.58. The molecule has 0 fully saturated rings. The van der Waals surface area contributed by atoms with Crippen molar-refractivity contribution in [3.63, 3.8) is 0 Å². The van der Waals surface area contributed by atoms with Crippen molar-refractivity contribution in [1.82, 2.24) is 15.1 Å². The molecule has 0 saturated heterocycles. The van der Waals surface area contributed by atoms with Gasteiger partial charge in [0.15, 0.2) is 0 Å². The van der Waals surface area contributed by atoms with Crippen LogP contribution in [0.4, 0.5) is 0 Å². The molecule has 0 amide bonds. The van der Waals surface area contributed by atoms with E-state index in [0.29, 0.717) is 0 Å². The zero-order valence-corrected chi connectivity index (χ0v) is 8.91. The van der Waals surface area contributed by atoms with Gasteiger partial charge in [-0.05, 0) is 13.8 Å². The highest BCUT2D eigenvalue weighted by atomic mass is 15.3. The van der Waals surface area contributed by atoms with Gasteiger partial charge >= 0.3 is 0 Å². The van der Waals surface area contributed by atoms with Crippen molar-refractivity contribution in [2.75, 3.05) is 6.54 Å². The second-order valence-corrected chi connectivity index (χ2v) is 3.54. The first-order valence-corrected chi connectivity index (χ1v) is 4.73. The van der Waals surface area contributed by atoms with E-state index >= 15 is 0 Å². The lowest BCUT2D eigenvalue weighted by atomic mass is 10.2. The quantitative estimate of drug-likeness (QED) is 0.773. The normalized spacial score (nSPS) is 12.4. The fourth-order valence-electron chi connectivity index (χ4n) is 1.19. The van der Waals surface area contributed by atoms with Crippen molar-refractivity contribution in [2.24, 2.45) is 13.0 Å². The van der Waals surface area contributed by atoms with Gasteiger partial charge in [0.1, 0.15) is 0 Å². The van der Waals surface area contributed by atoms with Gasteiger partial charge in [0.25, 0.3) is 0 Å². The number of nitrogens with one attached hydrogen (secondary N) is 1. The zero-order chi connectivity index (χ0) is 10.6. The number of rotatable bonds is 4. The number of nitrogens with zero attached hydrogens (tertiary/aromatic N) is 3. The maximum absolute atomic E-state index is 8.58. The van der Waals surface area contributed by atoms with Gasteiger partial charge in [-0.1, -0.05) is 0 Å². The predicted molar refractivity (Wildman–Crippen MR) is 54.4 cm³/mol. The van der Waals surface area contributed by atoms with Crippen LogP contribution in [-0.2, 0) is 13.6 Å². The summed E-state index contributed by atoms with van der Waals surface area (Å²) in [6.07, 6.45) is 1.86. The minimum Gasteiger partial charge on any atom is -0.311 e. The van der Waals surface area contributed by atoms with E-state index < -0.39 is 0 Å². The Morgan fingerprint density at radius 1 is 1.71 bits per heavy atom. The second-order valence-electron chi connectivity index (χ2n) is 3.54. The van der Waals surface area contributed by atoms with Gasteiger partial charge in [0.2, 0.25) is 0 Å². The summed E-state index contributed by atoms with van der Waals surface area (Å²) in [5.41, 5.74) is 2.36. The molecule has 1 aromatic heterocycles. The van der Waals surface area contributed by atoms with E-state index in [9.17, 15) is 0 Å². The first-order chi connectivity index (χ1) is 6.65. The Morgan fingerprint density at radius 2 is 2.43 bits per heavy atom. The molecule has 76 valence electrons. The van der Waals surface area contributed by atoms with E-state index in [4.69, 9.17) is 5.26 Å². The third-order valence-corrected chi connectivity index (χ3v) is 2.32. The highest BCUT2D eigenvalue weighted by Gasteiger charge is 2.03. The Morgan fingerprint density at radius 3 is 2.93 bits per heavy atom. The molecule has 0 radical (unpaired) electrons. The average molecular weight is 192 g/mol. The summed E-state index contributed by atoms with van der Waals surface area (Å²) in [7, 11) is 1.93. The Balaban J connectivity index is 2.40. The molecule has 0 saturated carbocycles. The van der Waals surface area contributed by atoms with Crippen molar-refractivity contribution in [2.45, 2.75) is 20.4 Å². The molecule has 0 aliphatic rings. The van der Waals surface area contributed by atoms with Gasteiger partial charge in [0.05, 0.1) is 18.2 Å². The number of aryl methyl sites for hydroxylation is 1. The first-order valence-electron chi connectivity index (χ1n) is 4.73. The van der Waals surface area contributed by atoms with Crippen LogP contribution in [-0.4, -0.2) is 16.3 Å². The van der Waals surface area contributed by atoms with Crippen molar-refractivity contribution in [1.29, 1.82) is 5.26 Å². The lowest BCUT2D eigenvalue weighted by molar-refractivity contribution is 0.599. The van der Waals surface area contributed by atoms with E-state index in [1.165, 1.54) is 11.3 Å². The molecule has 4 nitrogen and oxygen atoms in total. The number of nitriles is 1. The summed E-state index contributed by atoms with van der Waals surface area (Å²) in [4.78, 5) is 0. The van der Waals surface area contributed by atoms with Gasteiger partial charge in [0, 0.05) is 31.4 Å². The molecule has 0 aliphatic heterocycles. The van der Waals surface area contributed by atoms with Gasteiger partial charge in [-0.15, -0.1) is 0 Å². The third kappa shape index (κ3) is 2.57. The summed E-state index contributed by atoms with van der Waals surface area (Å²) in [6, 6.07) is 2.19. The van der Waals surface area contributed by atoms with Crippen LogP contribution in [0.15, 0.2) is 6.20 Å². The number of hydrogen-bond acceptors (Lipinski definition) is 3. The minimum absolute atomic E-state index is 0.0620. The minimum atomic E-state index is 0.0620. The summed E-state index contributed by atoms with van der Waals surface area (Å²) in [6.45, 7) is 5.46. The van der Waals surface area contributed by atoms with Crippen LogP contribution in [0.1, 0.15) is 18.2 Å². The van der Waals surface area contributed by atoms with E-state index in [0.717, 1.165) is 13.1 Å². The van der Waals surface area contributed by atoms with Crippen LogP contribution in [0.3, 0.4) is 0 Å². The van der Waals surface area contributed by atoms with E-state index in [1.54, 1.807) is 0 Å². The van der Waals surface area contributed by atoms with Crippen molar-refractivity contribution in [3.8, 4) is 6.07 Å². The molecule has 14 heavy (non-hydrogen) atoms. The third-order valence-electron chi connectivity index (χ3n) is 2.32. The van der Waals surface area contributed by atoms with Crippen molar-refractivity contribution in [3.05, 3.63) is 17.5 Å². The zero-order valence-electron chi connectivity index (χ0n) is 8.91. The maximum Gasteiger partial charge on any atom is 0.0666 e. The largest absolute Gasteiger partial charge is 0.311 e. The molecule has 0 bridgehead atoms. The van der Waals surface area contributed by atoms with E-state index in [2.05, 4.69) is 16.5 Å². The fraction of sp³-hybridized carbons (Fsp3) is 0.600. The predicted octanol–water partition coefficient (Wildman–Crippen LogP) is 0.978. The smallest absolute Gasteiger partial charge is 0.0666 e. The van der Waals surface area contributed by atoms with Gasteiger partial charge in [-0.2, -0.15) is 10.4 Å². The lowest BCUT2D eigenvalue weighted by Gasteiger charge is -2.05. The fourth-order valence-corrected chi connectivity index (χ4v) is 1.19. The van der Waals surface area contributed by atoms with Crippen molar-refractivity contribution < 1.29 is 0 Å². The van der Waals surface area contributed by atoms with E-state index in [-0.39, 0.29) is 5.92 Å². The average Bonchev–Trinajstić information content (AvgIpc) is 2.49. The topological polar surface area (TPSA) is 53.6 Å². The Kier molecular flexibility index (Phi) is 3.66. The molecule has 0 spiro atoms. The number of aromatic nitrogens is 2.